The van der Waals surface area contributed by atoms with Gasteiger partial charge in [0.25, 0.3) is 5.91 Å². The fourth-order valence-corrected chi connectivity index (χ4v) is 6.58. The van der Waals surface area contributed by atoms with Gasteiger partial charge in [0, 0.05) is 18.3 Å². The number of rotatable bonds is 4. The molecule has 5 heteroatoms. The van der Waals surface area contributed by atoms with Crippen molar-refractivity contribution in [3.8, 4) is 11.3 Å². The molecule has 1 aromatic carbocycles. The van der Waals surface area contributed by atoms with Crippen molar-refractivity contribution in [3.63, 3.8) is 0 Å². The fraction of sp³-hybridized carbons (Fsp3) is 0.478. The van der Waals surface area contributed by atoms with Crippen LogP contribution in [0.1, 0.15) is 48.9 Å². The highest BCUT2D eigenvalue weighted by atomic mass is 35.5. The summed E-state index contributed by atoms with van der Waals surface area (Å²) in [4.78, 5) is 17.3. The Hall–Kier alpha value is -2.07. The van der Waals surface area contributed by atoms with Crippen LogP contribution in [-0.4, -0.2) is 17.4 Å². The van der Waals surface area contributed by atoms with Crippen molar-refractivity contribution in [2.75, 3.05) is 12.3 Å². The lowest BCUT2D eigenvalue weighted by Gasteiger charge is -2.56. The van der Waals surface area contributed by atoms with Crippen LogP contribution in [0.2, 0.25) is 5.02 Å². The number of benzene rings is 1. The quantitative estimate of drug-likeness (QED) is 0.771. The average molecular weight is 396 g/mol. The standard InChI is InChI=1S/C23H26ClN3O/c24-19-4-3-17(21-20(25)2-1-5-26-21)9-18(19)22(28)27-13-23-10-14-6-15(11-23)8-16(7-14)12-23/h1-5,9,14-16H,6-8,10-13,25H2,(H,27,28). The topological polar surface area (TPSA) is 68.0 Å². The van der Waals surface area contributed by atoms with Gasteiger partial charge in [-0.2, -0.15) is 0 Å². The van der Waals surface area contributed by atoms with Gasteiger partial charge in [-0.25, -0.2) is 0 Å². The second-order valence-electron chi connectivity index (χ2n) is 9.24. The van der Waals surface area contributed by atoms with Crippen LogP contribution in [0.5, 0.6) is 0 Å². The summed E-state index contributed by atoms with van der Waals surface area (Å²) in [7, 11) is 0. The van der Waals surface area contributed by atoms with Gasteiger partial charge >= 0.3 is 0 Å². The number of hydrogen-bond acceptors (Lipinski definition) is 3. The predicted octanol–water partition coefficient (Wildman–Crippen LogP) is 4.93. The molecule has 6 rings (SSSR count). The maximum Gasteiger partial charge on any atom is 0.252 e. The molecule has 1 aromatic heterocycles. The molecule has 4 nitrogen and oxygen atoms in total. The number of nitrogen functional groups attached to an aromatic ring is 1. The van der Waals surface area contributed by atoms with Crippen molar-refractivity contribution < 1.29 is 4.79 Å². The number of anilines is 1. The summed E-state index contributed by atoms with van der Waals surface area (Å²) in [5, 5.41) is 3.67. The average Bonchev–Trinajstić information content (AvgIpc) is 2.66. The zero-order chi connectivity index (χ0) is 19.3. The summed E-state index contributed by atoms with van der Waals surface area (Å²) in [6.07, 6.45) is 9.76. The van der Waals surface area contributed by atoms with Crippen molar-refractivity contribution in [2.24, 2.45) is 23.2 Å². The fourth-order valence-electron chi connectivity index (χ4n) is 6.38. The molecular formula is C23H26ClN3O. The molecule has 4 fully saturated rings. The maximum atomic E-state index is 13.0. The van der Waals surface area contributed by atoms with Crippen molar-refractivity contribution in [2.45, 2.75) is 38.5 Å². The first-order chi connectivity index (χ1) is 13.5. The minimum atomic E-state index is -0.0999. The zero-order valence-corrected chi connectivity index (χ0v) is 16.7. The van der Waals surface area contributed by atoms with E-state index in [-0.39, 0.29) is 5.91 Å². The lowest BCUT2D eigenvalue weighted by Crippen LogP contribution is -2.51. The van der Waals surface area contributed by atoms with Gasteiger partial charge in [0.1, 0.15) is 0 Å². The molecule has 1 heterocycles. The SMILES string of the molecule is Nc1cccnc1-c1ccc(Cl)c(C(=O)NCC23CC4CC(CC(C4)C2)C3)c1. The predicted molar refractivity (Wildman–Crippen MR) is 112 cm³/mol. The molecule has 0 atom stereocenters. The van der Waals surface area contributed by atoms with Gasteiger partial charge in [-0.15, -0.1) is 0 Å². The molecule has 146 valence electrons. The van der Waals surface area contributed by atoms with Crippen LogP contribution >= 0.6 is 11.6 Å². The van der Waals surface area contributed by atoms with Gasteiger partial charge in [-0.1, -0.05) is 17.7 Å². The summed E-state index contributed by atoms with van der Waals surface area (Å²) >= 11 is 6.36. The van der Waals surface area contributed by atoms with Crippen molar-refractivity contribution in [1.29, 1.82) is 0 Å². The number of amides is 1. The zero-order valence-electron chi connectivity index (χ0n) is 16.0. The van der Waals surface area contributed by atoms with E-state index in [1.165, 1.54) is 38.5 Å². The van der Waals surface area contributed by atoms with E-state index < -0.39 is 0 Å². The molecule has 4 saturated carbocycles. The number of pyridine rings is 1. The normalized spacial score (nSPS) is 30.4. The number of halogens is 1. The summed E-state index contributed by atoms with van der Waals surface area (Å²) in [6.45, 7) is 0.765. The van der Waals surface area contributed by atoms with E-state index in [1.54, 1.807) is 24.4 Å². The molecule has 4 aliphatic carbocycles. The first-order valence-corrected chi connectivity index (χ1v) is 10.7. The Balaban J connectivity index is 1.34. The van der Waals surface area contributed by atoms with Gasteiger partial charge in [-0.05, 0) is 86.0 Å². The highest BCUT2D eigenvalue weighted by Gasteiger charge is 2.50. The highest BCUT2D eigenvalue weighted by molar-refractivity contribution is 6.34. The summed E-state index contributed by atoms with van der Waals surface area (Å²) in [5.41, 5.74) is 8.92. The van der Waals surface area contributed by atoms with Gasteiger partial charge < -0.3 is 11.1 Å². The molecule has 0 unspecified atom stereocenters. The number of nitrogens with two attached hydrogens (primary N) is 1. The van der Waals surface area contributed by atoms with Gasteiger partial charge in [0.05, 0.1) is 22.0 Å². The Labute approximate surface area is 170 Å². The van der Waals surface area contributed by atoms with E-state index in [0.717, 1.165) is 29.9 Å². The van der Waals surface area contributed by atoms with Crippen LogP contribution in [0.3, 0.4) is 0 Å². The highest BCUT2D eigenvalue weighted by Crippen LogP contribution is 2.59. The van der Waals surface area contributed by atoms with E-state index in [4.69, 9.17) is 17.3 Å². The van der Waals surface area contributed by atoms with Gasteiger partial charge in [0.2, 0.25) is 0 Å². The van der Waals surface area contributed by atoms with Crippen LogP contribution in [0.15, 0.2) is 36.5 Å². The number of hydrogen-bond donors (Lipinski definition) is 2. The lowest BCUT2D eigenvalue weighted by atomic mass is 9.49. The summed E-state index contributed by atoms with van der Waals surface area (Å²) in [5.74, 6) is 2.53. The maximum absolute atomic E-state index is 13.0. The molecule has 1 amide bonds. The molecular weight excluding hydrogens is 370 g/mol. The molecule has 0 aliphatic heterocycles. The number of carbonyl (C=O) groups is 1. The molecule has 0 radical (unpaired) electrons. The van der Waals surface area contributed by atoms with Crippen molar-refractivity contribution in [3.05, 3.63) is 47.1 Å². The van der Waals surface area contributed by atoms with Crippen LogP contribution in [0.25, 0.3) is 11.3 Å². The first kappa shape index (κ1) is 18.0. The third-order valence-corrected chi connectivity index (χ3v) is 7.44. The second kappa shape index (κ2) is 6.77. The smallest absolute Gasteiger partial charge is 0.252 e. The third-order valence-electron chi connectivity index (χ3n) is 7.11. The van der Waals surface area contributed by atoms with Crippen molar-refractivity contribution in [1.82, 2.24) is 10.3 Å². The molecule has 0 saturated heterocycles. The van der Waals surface area contributed by atoms with E-state index in [1.807, 2.05) is 12.1 Å². The molecule has 3 N–H and O–H groups in total. The van der Waals surface area contributed by atoms with Gasteiger partial charge in [-0.3, -0.25) is 9.78 Å². The Kier molecular flexibility index (Phi) is 4.35. The Morgan fingerprint density at radius 1 is 1.14 bits per heavy atom. The van der Waals surface area contributed by atoms with Crippen LogP contribution in [-0.2, 0) is 0 Å². The largest absolute Gasteiger partial charge is 0.397 e. The van der Waals surface area contributed by atoms with Crippen LogP contribution in [0, 0.1) is 23.2 Å². The number of carbonyl (C=O) groups excluding carboxylic acids is 1. The monoisotopic (exact) mass is 395 g/mol. The number of aromatic nitrogens is 1. The second-order valence-corrected chi connectivity index (χ2v) is 9.64. The lowest BCUT2D eigenvalue weighted by molar-refractivity contribution is -0.0503. The van der Waals surface area contributed by atoms with E-state index in [0.29, 0.717) is 27.4 Å². The molecule has 28 heavy (non-hydrogen) atoms. The Morgan fingerprint density at radius 3 is 2.46 bits per heavy atom. The molecule has 2 aromatic rings. The third kappa shape index (κ3) is 3.18. The Morgan fingerprint density at radius 2 is 1.82 bits per heavy atom. The number of nitrogens with one attached hydrogen (secondary N) is 1. The van der Waals surface area contributed by atoms with Crippen molar-refractivity contribution >= 4 is 23.2 Å². The van der Waals surface area contributed by atoms with E-state index in [9.17, 15) is 4.79 Å². The molecule has 0 spiro atoms. The molecule has 4 bridgehead atoms. The van der Waals surface area contributed by atoms with E-state index in [2.05, 4.69) is 10.3 Å². The van der Waals surface area contributed by atoms with E-state index >= 15 is 0 Å². The Bertz CT molecular complexity index is 891. The minimum Gasteiger partial charge on any atom is -0.397 e. The van der Waals surface area contributed by atoms with Crippen LogP contribution < -0.4 is 11.1 Å². The minimum absolute atomic E-state index is 0.0999. The summed E-state index contributed by atoms with van der Waals surface area (Å²) < 4.78 is 0. The molecule has 4 aliphatic rings. The van der Waals surface area contributed by atoms with Crippen LogP contribution in [0.4, 0.5) is 5.69 Å². The first-order valence-electron chi connectivity index (χ1n) is 10.3. The van der Waals surface area contributed by atoms with Gasteiger partial charge in [0.15, 0.2) is 0 Å². The number of nitrogens with zero attached hydrogens (tertiary/aromatic N) is 1. The summed E-state index contributed by atoms with van der Waals surface area (Å²) in [6, 6.07) is 9.02.